The second kappa shape index (κ2) is 8.56. The lowest BCUT2D eigenvalue weighted by Crippen LogP contribution is -2.49. The molecule has 1 amide bonds. The van der Waals surface area contributed by atoms with Crippen LogP contribution < -0.4 is 4.90 Å². The molecule has 0 unspecified atom stereocenters. The standard InChI is InChI=1S/C23H22N4O2/c28-21-5-3-19(4-6-21)22(16-18-2-1-9-25-17-18)23(29)27-14-12-26(13-15-27)20-7-10-24-11-8-20/h1-11,16-17,28H,12-15H2. The summed E-state index contributed by atoms with van der Waals surface area (Å²) >= 11 is 0. The molecule has 146 valence electrons. The molecule has 0 spiro atoms. The predicted molar refractivity (Wildman–Crippen MR) is 113 cm³/mol. The fraction of sp³-hybridized carbons (Fsp3) is 0.174. The summed E-state index contributed by atoms with van der Waals surface area (Å²) < 4.78 is 0. The highest BCUT2D eigenvalue weighted by atomic mass is 16.3. The van der Waals surface area contributed by atoms with Crippen LogP contribution in [0.15, 0.2) is 73.3 Å². The van der Waals surface area contributed by atoms with E-state index >= 15 is 0 Å². The zero-order chi connectivity index (χ0) is 20.1. The second-order valence-electron chi connectivity index (χ2n) is 6.88. The highest BCUT2D eigenvalue weighted by Gasteiger charge is 2.24. The van der Waals surface area contributed by atoms with Gasteiger partial charge in [0.15, 0.2) is 0 Å². The minimum absolute atomic E-state index is 0.0195. The van der Waals surface area contributed by atoms with Gasteiger partial charge >= 0.3 is 0 Å². The number of phenolic OH excluding ortho intramolecular Hbond substituents is 1. The number of hydrogen-bond donors (Lipinski definition) is 1. The lowest BCUT2D eigenvalue weighted by molar-refractivity contribution is -0.125. The van der Waals surface area contributed by atoms with Gasteiger partial charge < -0.3 is 14.9 Å². The molecule has 0 atom stereocenters. The number of carbonyl (C=O) groups excluding carboxylic acids is 1. The minimum atomic E-state index is -0.0195. The lowest BCUT2D eigenvalue weighted by Gasteiger charge is -2.36. The van der Waals surface area contributed by atoms with Crippen LogP contribution in [0.5, 0.6) is 5.75 Å². The summed E-state index contributed by atoms with van der Waals surface area (Å²) in [6, 6.07) is 14.5. The molecule has 1 aliphatic rings. The van der Waals surface area contributed by atoms with Crippen molar-refractivity contribution in [2.45, 2.75) is 0 Å². The van der Waals surface area contributed by atoms with Gasteiger partial charge in [-0.1, -0.05) is 18.2 Å². The van der Waals surface area contributed by atoms with Crippen molar-refractivity contribution in [2.75, 3.05) is 31.1 Å². The van der Waals surface area contributed by atoms with Crippen LogP contribution in [0.4, 0.5) is 5.69 Å². The molecule has 6 heteroatoms. The molecule has 0 saturated carbocycles. The Kier molecular flexibility index (Phi) is 5.52. The van der Waals surface area contributed by atoms with Crippen molar-refractivity contribution in [3.05, 3.63) is 84.4 Å². The van der Waals surface area contributed by atoms with E-state index in [1.165, 1.54) is 0 Å². The third-order valence-electron chi connectivity index (χ3n) is 5.00. The largest absolute Gasteiger partial charge is 0.508 e. The molecule has 6 nitrogen and oxygen atoms in total. The predicted octanol–water partition coefficient (Wildman–Crippen LogP) is 3.07. The molecule has 3 heterocycles. The third-order valence-corrected chi connectivity index (χ3v) is 5.00. The van der Waals surface area contributed by atoms with Crippen molar-refractivity contribution in [3.8, 4) is 5.75 Å². The average Bonchev–Trinajstić information content (AvgIpc) is 2.79. The van der Waals surface area contributed by atoms with E-state index in [2.05, 4.69) is 14.9 Å². The molecule has 4 rings (SSSR count). The number of carbonyl (C=O) groups is 1. The Morgan fingerprint density at radius 3 is 2.28 bits per heavy atom. The Bertz CT molecular complexity index is 980. The zero-order valence-corrected chi connectivity index (χ0v) is 16.0. The fourth-order valence-electron chi connectivity index (χ4n) is 3.43. The SMILES string of the molecule is O=C(C(=Cc1cccnc1)c1ccc(O)cc1)N1CCN(c2ccncc2)CC1. The highest BCUT2D eigenvalue weighted by Crippen LogP contribution is 2.24. The summed E-state index contributed by atoms with van der Waals surface area (Å²) in [5.74, 6) is 0.154. The summed E-state index contributed by atoms with van der Waals surface area (Å²) in [4.78, 5) is 25.7. The van der Waals surface area contributed by atoms with Gasteiger partial charge in [-0.15, -0.1) is 0 Å². The lowest BCUT2D eigenvalue weighted by atomic mass is 10.0. The van der Waals surface area contributed by atoms with Gasteiger partial charge in [0.05, 0.1) is 0 Å². The van der Waals surface area contributed by atoms with Crippen molar-refractivity contribution in [1.82, 2.24) is 14.9 Å². The number of pyridine rings is 2. The summed E-state index contributed by atoms with van der Waals surface area (Å²) in [6.07, 6.45) is 8.86. The monoisotopic (exact) mass is 386 g/mol. The summed E-state index contributed by atoms with van der Waals surface area (Å²) in [6.45, 7) is 2.82. The number of aromatic nitrogens is 2. The molecule has 0 aliphatic carbocycles. The van der Waals surface area contributed by atoms with Crippen LogP contribution in [0.3, 0.4) is 0 Å². The molecule has 1 aromatic carbocycles. The first-order valence-electron chi connectivity index (χ1n) is 9.56. The molecule has 1 N–H and O–H groups in total. The van der Waals surface area contributed by atoms with Crippen LogP contribution in [0.2, 0.25) is 0 Å². The Morgan fingerprint density at radius 1 is 0.897 bits per heavy atom. The number of phenols is 1. The van der Waals surface area contributed by atoms with E-state index < -0.39 is 0 Å². The molecule has 0 radical (unpaired) electrons. The van der Waals surface area contributed by atoms with Crippen LogP contribution in [0.25, 0.3) is 11.6 Å². The quantitative estimate of drug-likeness (QED) is 0.698. The van der Waals surface area contributed by atoms with Crippen molar-refractivity contribution in [2.24, 2.45) is 0 Å². The van der Waals surface area contributed by atoms with Gasteiger partial charge in [-0.3, -0.25) is 14.8 Å². The van der Waals surface area contributed by atoms with Crippen LogP contribution in [-0.2, 0) is 4.79 Å². The molecule has 2 aromatic heterocycles. The van der Waals surface area contributed by atoms with Gasteiger partial charge in [-0.25, -0.2) is 0 Å². The minimum Gasteiger partial charge on any atom is -0.508 e. The first-order chi connectivity index (χ1) is 14.2. The van der Waals surface area contributed by atoms with Gasteiger partial charge in [-0.2, -0.15) is 0 Å². The molecule has 3 aromatic rings. The van der Waals surface area contributed by atoms with Crippen molar-refractivity contribution in [3.63, 3.8) is 0 Å². The van der Waals surface area contributed by atoms with E-state index in [9.17, 15) is 9.90 Å². The van der Waals surface area contributed by atoms with Gasteiger partial charge in [0.25, 0.3) is 5.91 Å². The van der Waals surface area contributed by atoms with Crippen molar-refractivity contribution >= 4 is 23.2 Å². The third kappa shape index (κ3) is 4.43. The topological polar surface area (TPSA) is 69.6 Å². The molecule has 29 heavy (non-hydrogen) atoms. The number of benzene rings is 1. The average molecular weight is 386 g/mol. The molecular formula is C23H22N4O2. The fourth-order valence-corrected chi connectivity index (χ4v) is 3.43. The summed E-state index contributed by atoms with van der Waals surface area (Å²) in [5, 5.41) is 9.62. The van der Waals surface area contributed by atoms with E-state index in [0.717, 1.165) is 29.9 Å². The maximum atomic E-state index is 13.4. The molecule has 0 bridgehead atoms. The van der Waals surface area contributed by atoms with Gasteiger partial charge in [-0.05, 0) is 47.5 Å². The number of aromatic hydroxyl groups is 1. The molecule has 1 aliphatic heterocycles. The smallest absolute Gasteiger partial charge is 0.254 e. The zero-order valence-electron chi connectivity index (χ0n) is 16.0. The molecule has 1 saturated heterocycles. The second-order valence-corrected chi connectivity index (χ2v) is 6.88. The first-order valence-corrected chi connectivity index (χ1v) is 9.56. The van der Waals surface area contributed by atoms with E-state index in [1.807, 2.05) is 35.2 Å². The van der Waals surface area contributed by atoms with Crippen LogP contribution in [-0.4, -0.2) is 52.1 Å². The van der Waals surface area contributed by atoms with Crippen molar-refractivity contribution in [1.29, 1.82) is 0 Å². The van der Waals surface area contributed by atoms with E-state index in [-0.39, 0.29) is 11.7 Å². The Hall–Kier alpha value is -3.67. The number of nitrogens with zero attached hydrogens (tertiary/aromatic N) is 4. The van der Waals surface area contributed by atoms with Gasteiger partial charge in [0, 0.05) is 62.2 Å². The van der Waals surface area contributed by atoms with Crippen LogP contribution >= 0.6 is 0 Å². The van der Waals surface area contributed by atoms with Crippen LogP contribution in [0.1, 0.15) is 11.1 Å². The molecule has 1 fully saturated rings. The number of hydrogen-bond acceptors (Lipinski definition) is 5. The highest BCUT2D eigenvalue weighted by molar-refractivity contribution is 6.24. The van der Waals surface area contributed by atoms with E-state index in [0.29, 0.717) is 18.7 Å². The summed E-state index contributed by atoms with van der Waals surface area (Å²) in [5.41, 5.74) is 3.35. The normalized spacial score (nSPS) is 14.7. The Morgan fingerprint density at radius 2 is 1.62 bits per heavy atom. The summed E-state index contributed by atoms with van der Waals surface area (Å²) in [7, 11) is 0. The van der Waals surface area contributed by atoms with Crippen LogP contribution in [0, 0.1) is 0 Å². The number of amides is 1. The Labute approximate surface area is 169 Å². The maximum Gasteiger partial charge on any atom is 0.254 e. The van der Waals surface area contributed by atoms with Crippen molar-refractivity contribution < 1.29 is 9.90 Å². The number of rotatable bonds is 4. The van der Waals surface area contributed by atoms with Gasteiger partial charge in [0.2, 0.25) is 0 Å². The Balaban J connectivity index is 1.56. The van der Waals surface area contributed by atoms with E-state index in [1.54, 1.807) is 49.1 Å². The molecular weight excluding hydrogens is 364 g/mol. The maximum absolute atomic E-state index is 13.4. The number of anilines is 1. The van der Waals surface area contributed by atoms with Gasteiger partial charge in [0.1, 0.15) is 5.75 Å². The number of piperazine rings is 1. The van der Waals surface area contributed by atoms with E-state index in [4.69, 9.17) is 0 Å². The first kappa shape index (κ1) is 18.7.